The topological polar surface area (TPSA) is 37.3 Å². The molecule has 0 aliphatic carbocycles. The van der Waals surface area contributed by atoms with Crippen LogP contribution in [0.25, 0.3) is 11.1 Å². The largest absolute Gasteiger partial charge is 0.478 e. The van der Waals surface area contributed by atoms with Gasteiger partial charge in [-0.25, -0.2) is 4.79 Å². The van der Waals surface area contributed by atoms with Gasteiger partial charge in [-0.1, -0.05) is 34.8 Å². The Kier molecular flexibility index (Phi) is 3.81. The Morgan fingerprint density at radius 1 is 0.778 bits per heavy atom. The molecule has 2 aromatic carbocycles. The van der Waals surface area contributed by atoms with Crippen LogP contribution < -0.4 is 0 Å². The van der Waals surface area contributed by atoms with Crippen molar-refractivity contribution in [3.63, 3.8) is 0 Å². The second-order valence-electron chi connectivity index (χ2n) is 3.69. The molecule has 0 aliphatic heterocycles. The van der Waals surface area contributed by atoms with Crippen LogP contribution in [0, 0.1) is 0 Å². The molecule has 0 unspecified atom stereocenters. The summed E-state index contributed by atoms with van der Waals surface area (Å²) < 4.78 is 0. The van der Waals surface area contributed by atoms with Gasteiger partial charge in [-0.3, -0.25) is 0 Å². The van der Waals surface area contributed by atoms with Crippen LogP contribution in [0.1, 0.15) is 10.4 Å². The number of halogens is 3. The molecule has 0 saturated carbocycles. The van der Waals surface area contributed by atoms with Crippen molar-refractivity contribution in [3.8, 4) is 11.1 Å². The van der Waals surface area contributed by atoms with Crippen LogP contribution in [0.15, 0.2) is 36.4 Å². The molecular weight excluding hydrogens is 294 g/mol. The third kappa shape index (κ3) is 2.96. The average Bonchev–Trinajstić information content (AvgIpc) is 2.26. The molecule has 92 valence electrons. The number of hydrogen-bond acceptors (Lipinski definition) is 1. The van der Waals surface area contributed by atoms with E-state index in [-0.39, 0.29) is 5.56 Å². The van der Waals surface area contributed by atoms with Crippen LogP contribution in [0.3, 0.4) is 0 Å². The van der Waals surface area contributed by atoms with Gasteiger partial charge in [0, 0.05) is 15.1 Å². The van der Waals surface area contributed by atoms with Crippen molar-refractivity contribution >= 4 is 40.8 Å². The number of carboxylic acid groups (broad SMARTS) is 1. The van der Waals surface area contributed by atoms with Gasteiger partial charge in [-0.15, -0.1) is 0 Å². The van der Waals surface area contributed by atoms with E-state index in [0.717, 1.165) is 5.56 Å². The van der Waals surface area contributed by atoms with Crippen LogP contribution in [0.5, 0.6) is 0 Å². The zero-order chi connectivity index (χ0) is 13.3. The zero-order valence-electron chi connectivity index (χ0n) is 8.95. The van der Waals surface area contributed by atoms with Gasteiger partial charge in [-0.2, -0.15) is 0 Å². The highest BCUT2D eigenvalue weighted by Crippen LogP contribution is 2.29. The lowest BCUT2D eigenvalue weighted by atomic mass is 10.0. The molecule has 0 atom stereocenters. The summed E-state index contributed by atoms with van der Waals surface area (Å²) in [5.74, 6) is -1.04. The maximum atomic E-state index is 11.0. The van der Waals surface area contributed by atoms with Gasteiger partial charge in [0.2, 0.25) is 0 Å². The predicted molar refractivity (Wildman–Crippen MR) is 73.9 cm³/mol. The fraction of sp³-hybridized carbons (Fsp3) is 0. The van der Waals surface area contributed by atoms with Gasteiger partial charge >= 0.3 is 5.97 Å². The summed E-state index contributed by atoms with van der Waals surface area (Å²) in [6.07, 6.45) is 0. The maximum absolute atomic E-state index is 11.0. The molecule has 0 saturated heterocycles. The van der Waals surface area contributed by atoms with E-state index in [1.807, 2.05) is 0 Å². The number of benzene rings is 2. The van der Waals surface area contributed by atoms with Crippen LogP contribution in [0.4, 0.5) is 0 Å². The zero-order valence-corrected chi connectivity index (χ0v) is 11.2. The lowest BCUT2D eigenvalue weighted by Crippen LogP contribution is -1.96. The van der Waals surface area contributed by atoms with E-state index in [2.05, 4.69) is 0 Å². The number of carbonyl (C=O) groups is 1. The highest BCUT2D eigenvalue weighted by atomic mass is 35.5. The molecular formula is C13H7Cl3O2. The van der Waals surface area contributed by atoms with Gasteiger partial charge < -0.3 is 5.11 Å². The molecule has 0 fully saturated rings. The minimum atomic E-state index is -1.04. The summed E-state index contributed by atoms with van der Waals surface area (Å²) in [5.41, 5.74) is 1.50. The van der Waals surface area contributed by atoms with Crippen LogP contribution in [0.2, 0.25) is 15.1 Å². The summed E-state index contributed by atoms with van der Waals surface area (Å²) in [4.78, 5) is 11.0. The van der Waals surface area contributed by atoms with Crippen molar-refractivity contribution in [2.45, 2.75) is 0 Å². The summed E-state index contributed by atoms with van der Waals surface area (Å²) in [5, 5.41) is 10.3. The Bertz CT molecular complexity index is 603. The lowest BCUT2D eigenvalue weighted by Gasteiger charge is -2.06. The molecule has 2 nitrogen and oxygen atoms in total. The van der Waals surface area contributed by atoms with E-state index >= 15 is 0 Å². The SMILES string of the molecule is O=C(O)c1cc(Cl)cc(-c2cc(Cl)cc(Cl)c2)c1. The first-order chi connectivity index (χ1) is 8.45. The Labute approximate surface area is 119 Å². The second-order valence-corrected chi connectivity index (χ2v) is 5.00. The monoisotopic (exact) mass is 300 g/mol. The fourth-order valence-electron chi connectivity index (χ4n) is 1.60. The molecule has 0 bridgehead atoms. The van der Waals surface area contributed by atoms with Crippen LogP contribution in [-0.2, 0) is 0 Å². The van der Waals surface area contributed by atoms with Crippen molar-refractivity contribution in [2.24, 2.45) is 0 Å². The Morgan fingerprint density at radius 2 is 1.22 bits per heavy atom. The van der Waals surface area contributed by atoms with E-state index in [1.165, 1.54) is 12.1 Å². The number of aromatic carboxylic acids is 1. The summed E-state index contributed by atoms with van der Waals surface area (Å²) in [6, 6.07) is 9.58. The average molecular weight is 302 g/mol. The quantitative estimate of drug-likeness (QED) is 0.846. The van der Waals surface area contributed by atoms with Crippen molar-refractivity contribution in [2.75, 3.05) is 0 Å². The van der Waals surface area contributed by atoms with E-state index in [9.17, 15) is 4.79 Å². The molecule has 0 spiro atoms. The van der Waals surface area contributed by atoms with Crippen LogP contribution >= 0.6 is 34.8 Å². The molecule has 2 rings (SSSR count). The maximum Gasteiger partial charge on any atom is 0.335 e. The van der Waals surface area contributed by atoms with Gasteiger partial charge in [0.15, 0.2) is 0 Å². The summed E-state index contributed by atoms with van der Waals surface area (Å²) in [7, 11) is 0. The Morgan fingerprint density at radius 3 is 1.72 bits per heavy atom. The molecule has 1 N–H and O–H groups in total. The van der Waals surface area contributed by atoms with E-state index < -0.39 is 5.97 Å². The van der Waals surface area contributed by atoms with E-state index in [1.54, 1.807) is 24.3 Å². The van der Waals surface area contributed by atoms with Crippen LogP contribution in [-0.4, -0.2) is 11.1 Å². The first-order valence-electron chi connectivity index (χ1n) is 4.96. The van der Waals surface area contributed by atoms with Crippen molar-refractivity contribution < 1.29 is 9.90 Å². The van der Waals surface area contributed by atoms with Gasteiger partial charge in [0.05, 0.1) is 5.56 Å². The normalized spacial score (nSPS) is 10.4. The van der Waals surface area contributed by atoms with Gasteiger partial charge in [0.1, 0.15) is 0 Å². The molecule has 0 heterocycles. The minimum Gasteiger partial charge on any atom is -0.478 e. The smallest absolute Gasteiger partial charge is 0.335 e. The first-order valence-corrected chi connectivity index (χ1v) is 6.09. The second kappa shape index (κ2) is 5.19. The van der Waals surface area contributed by atoms with Gasteiger partial charge in [-0.05, 0) is 47.5 Å². The fourth-order valence-corrected chi connectivity index (χ4v) is 2.36. The molecule has 0 aromatic heterocycles. The van der Waals surface area contributed by atoms with Gasteiger partial charge in [0.25, 0.3) is 0 Å². The minimum absolute atomic E-state index is 0.119. The molecule has 0 amide bonds. The predicted octanol–water partition coefficient (Wildman–Crippen LogP) is 5.01. The Hall–Kier alpha value is -1.22. The number of carboxylic acids is 1. The van der Waals surface area contributed by atoms with Crippen molar-refractivity contribution in [1.29, 1.82) is 0 Å². The first kappa shape index (κ1) is 13.2. The molecule has 5 heteroatoms. The third-order valence-electron chi connectivity index (χ3n) is 2.34. The highest BCUT2D eigenvalue weighted by molar-refractivity contribution is 6.35. The highest BCUT2D eigenvalue weighted by Gasteiger charge is 2.08. The molecule has 0 aliphatic rings. The number of rotatable bonds is 2. The van der Waals surface area contributed by atoms with E-state index in [0.29, 0.717) is 20.6 Å². The summed E-state index contributed by atoms with van der Waals surface area (Å²) >= 11 is 17.7. The number of hydrogen-bond donors (Lipinski definition) is 1. The Balaban J connectivity index is 2.59. The van der Waals surface area contributed by atoms with E-state index in [4.69, 9.17) is 39.9 Å². The van der Waals surface area contributed by atoms with Crippen molar-refractivity contribution in [1.82, 2.24) is 0 Å². The summed E-state index contributed by atoms with van der Waals surface area (Å²) in [6.45, 7) is 0. The van der Waals surface area contributed by atoms with Crippen molar-refractivity contribution in [3.05, 3.63) is 57.0 Å². The standard InChI is InChI=1S/C13H7Cl3O2/c14-10-2-7(1-9(5-10)13(17)18)8-3-11(15)6-12(16)4-8/h1-6H,(H,17,18). The molecule has 2 aromatic rings. The molecule has 18 heavy (non-hydrogen) atoms. The lowest BCUT2D eigenvalue weighted by molar-refractivity contribution is 0.0697. The third-order valence-corrected chi connectivity index (χ3v) is 3.00. The molecule has 0 radical (unpaired) electrons.